The highest BCUT2D eigenvalue weighted by atomic mass is 35.5. The maximum Gasteiger partial charge on any atom is 0.264 e. The van der Waals surface area contributed by atoms with Gasteiger partial charge in [0.2, 0.25) is 11.8 Å². The molecule has 1 fully saturated rings. The molecule has 4 aromatic carbocycles. The van der Waals surface area contributed by atoms with Crippen LogP contribution in [0.2, 0.25) is 5.02 Å². The Hall–Kier alpha value is -4.54. The second-order valence-corrected chi connectivity index (χ2v) is 14.0. The molecular weight excluding hydrogens is 650 g/mol. The van der Waals surface area contributed by atoms with Gasteiger partial charge in [0.1, 0.15) is 12.6 Å². The average Bonchev–Trinajstić information content (AvgIpc) is 3.62. The van der Waals surface area contributed by atoms with Crippen LogP contribution in [0.15, 0.2) is 108 Å². The number of nitrogens with zero attached hydrogens (tertiary/aromatic N) is 2. The number of benzene rings is 4. The summed E-state index contributed by atoms with van der Waals surface area (Å²) in [5, 5.41) is 3.66. The van der Waals surface area contributed by atoms with Crippen molar-refractivity contribution < 1.29 is 27.5 Å². The van der Waals surface area contributed by atoms with Gasteiger partial charge in [-0.1, -0.05) is 85.1 Å². The van der Waals surface area contributed by atoms with Gasteiger partial charge in [0.25, 0.3) is 10.0 Å². The van der Waals surface area contributed by atoms with E-state index in [1.165, 1.54) is 37.3 Å². The molecular formula is C37H40ClN3O6S. The fourth-order valence-corrected chi connectivity index (χ4v) is 7.62. The lowest BCUT2D eigenvalue weighted by Crippen LogP contribution is -2.54. The van der Waals surface area contributed by atoms with E-state index in [0.29, 0.717) is 22.0 Å². The third-order valence-corrected chi connectivity index (χ3v) is 10.5. The molecule has 1 aliphatic carbocycles. The van der Waals surface area contributed by atoms with Crippen LogP contribution in [0.4, 0.5) is 5.69 Å². The fraction of sp³-hybridized carbons (Fsp3) is 0.297. The first kappa shape index (κ1) is 34.8. The number of amides is 2. The van der Waals surface area contributed by atoms with E-state index in [9.17, 15) is 18.0 Å². The van der Waals surface area contributed by atoms with Crippen LogP contribution < -0.4 is 19.1 Å². The summed E-state index contributed by atoms with van der Waals surface area (Å²) in [7, 11) is -1.43. The van der Waals surface area contributed by atoms with Gasteiger partial charge in [-0.05, 0) is 60.4 Å². The van der Waals surface area contributed by atoms with Crippen molar-refractivity contribution in [1.82, 2.24) is 10.2 Å². The van der Waals surface area contributed by atoms with E-state index >= 15 is 0 Å². The fourth-order valence-electron chi connectivity index (χ4n) is 5.98. The molecule has 0 spiro atoms. The van der Waals surface area contributed by atoms with Crippen LogP contribution in [0.5, 0.6) is 11.5 Å². The number of hydrogen-bond donors (Lipinski definition) is 1. The molecule has 1 atom stereocenters. The average molecular weight is 690 g/mol. The number of nitrogens with one attached hydrogen (secondary N) is 1. The number of methoxy groups -OCH3 is 2. The Balaban J connectivity index is 1.57. The Kier molecular flexibility index (Phi) is 11.6. The summed E-state index contributed by atoms with van der Waals surface area (Å²) in [6.07, 6.45) is 4.03. The zero-order chi connectivity index (χ0) is 34.1. The van der Waals surface area contributed by atoms with Crippen LogP contribution in [0.3, 0.4) is 0 Å². The zero-order valence-corrected chi connectivity index (χ0v) is 28.6. The molecule has 0 bridgehead atoms. The second-order valence-electron chi connectivity index (χ2n) is 11.7. The topological polar surface area (TPSA) is 105 Å². The lowest BCUT2D eigenvalue weighted by molar-refractivity contribution is -0.140. The maximum absolute atomic E-state index is 14.7. The van der Waals surface area contributed by atoms with Gasteiger partial charge in [-0.15, -0.1) is 0 Å². The predicted molar refractivity (Wildman–Crippen MR) is 187 cm³/mol. The Morgan fingerprint density at radius 2 is 1.48 bits per heavy atom. The van der Waals surface area contributed by atoms with Crippen LogP contribution >= 0.6 is 11.6 Å². The van der Waals surface area contributed by atoms with Crippen molar-refractivity contribution in [3.8, 4) is 11.5 Å². The summed E-state index contributed by atoms with van der Waals surface area (Å²) < 4.78 is 40.5. The third-order valence-electron chi connectivity index (χ3n) is 8.48. The van der Waals surface area contributed by atoms with E-state index in [4.69, 9.17) is 21.1 Å². The van der Waals surface area contributed by atoms with Crippen molar-refractivity contribution in [2.75, 3.05) is 25.1 Å². The Labute approximate surface area is 287 Å². The summed E-state index contributed by atoms with van der Waals surface area (Å²) in [4.78, 5) is 30.2. The van der Waals surface area contributed by atoms with Crippen molar-refractivity contribution in [3.63, 3.8) is 0 Å². The van der Waals surface area contributed by atoms with Gasteiger partial charge in [0, 0.05) is 30.1 Å². The highest BCUT2D eigenvalue weighted by Crippen LogP contribution is 2.32. The van der Waals surface area contributed by atoms with E-state index in [1.807, 2.05) is 36.4 Å². The molecule has 9 nitrogen and oxygen atoms in total. The predicted octanol–water partition coefficient (Wildman–Crippen LogP) is 6.25. The Bertz CT molecular complexity index is 1800. The lowest BCUT2D eigenvalue weighted by Gasteiger charge is -2.34. The van der Waals surface area contributed by atoms with E-state index in [-0.39, 0.29) is 35.6 Å². The van der Waals surface area contributed by atoms with E-state index in [1.54, 1.807) is 48.5 Å². The van der Waals surface area contributed by atoms with Crippen molar-refractivity contribution in [2.45, 2.75) is 55.6 Å². The van der Waals surface area contributed by atoms with Crippen molar-refractivity contribution >= 4 is 39.1 Å². The van der Waals surface area contributed by atoms with Crippen molar-refractivity contribution in [1.29, 1.82) is 0 Å². The van der Waals surface area contributed by atoms with Crippen LogP contribution in [-0.2, 0) is 32.6 Å². The summed E-state index contributed by atoms with van der Waals surface area (Å²) >= 11 is 6.34. The van der Waals surface area contributed by atoms with Gasteiger partial charge < -0.3 is 19.7 Å². The number of para-hydroxylation sites is 1. The van der Waals surface area contributed by atoms with Gasteiger partial charge in [-0.3, -0.25) is 13.9 Å². The maximum atomic E-state index is 14.7. The molecule has 2 amide bonds. The van der Waals surface area contributed by atoms with Gasteiger partial charge in [0.05, 0.1) is 24.8 Å². The van der Waals surface area contributed by atoms with Crippen LogP contribution in [0.25, 0.3) is 0 Å². The van der Waals surface area contributed by atoms with E-state index < -0.39 is 28.5 Å². The molecule has 0 saturated heterocycles. The molecule has 4 aromatic rings. The number of carbonyl (C=O) groups is 2. The molecule has 1 saturated carbocycles. The standard InChI is InChI=1S/C37H40ClN3O6S/c1-46-34-21-20-32(24-35(34)47-2)48(44,45)41(31-18-7-4-8-19-31)26-36(42)40(25-28-14-11-15-29(38)22-28)33(23-27-12-5-3-6-13-27)37(43)39-30-16-9-10-17-30/h3-8,11-15,18-22,24,30,33H,9-10,16-17,23,25-26H2,1-2H3,(H,39,43). The first-order valence-electron chi connectivity index (χ1n) is 15.9. The number of carbonyl (C=O) groups excluding carboxylic acids is 2. The molecule has 1 N–H and O–H groups in total. The number of ether oxygens (including phenoxy) is 2. The van der Waals surface area contributed by atoms with Crippen molar-refractivity contribution in [3.05, 3.63) is 119 Å². The molecule has 252 valence electrons. The first-order chi connectivity index (χ1) is 23.2. The molecule has 1 aliphatic rings. The van der Waals surface area contributed by atoms with Gasteiger partial charge >= 0.3 is 0 Å². The van der Waals surface area contributed by atoms with Crippen LogP contribution in [0.1, 0.15) is 36.8 Å². The quantitative estimate of drug-likeness (QED) is 0.168. The smallest absolute Gasteiger partial charge is 0.264 e. The minimum Gasteiger partial charge on any atom is -0.493 e. The summed E-state index contributed by atoms with van der Waals surface area (Å²) in [5.41, 5.74) is 1.86. The monoisotopic (exact) mass is 689 g/mol. The van der Waals surface area contributed by atoms with Crippen molar-refractivity contribution in [2.24, 2.45) is 0 Å². The molecule has 11 heteroatoms. The number of sulfonamides is 1. The molecule has 48 heavy (non-hydrogen) atoms. The Morgan fingerprint density at radius 3 is 2.12 bits per heavy atom. The van der Waals surface area contributed by atoms with Crippen LogP contribution in [0, 0.1) is 0 Å². The largest absolute Gasteiger partial charge is 0.493 e. The minimum absolute atomic E-state index is 0.0187. The molecule has 5 rings (SSSR count). The molecule has 1 unspecified atom stereocenters. The molecule has 0 radical (unpaired) electrons. The third kappa shape index (κ3) is 8.48. The highest BCUT2D eigenvalue weighted by molar-refractivity contribution is 7.92. The van der Waals surface area contributed by atoms with Gasteiger partial charge in [-0.2, -0.15) is 0 Å². The zero-order valence-electron chi connectivity index (χ0n) is 27.0. The Morgan fingerprint density at radius 1 is 0.833 bits per heavy atom. The summed E-state index contributed by atoms with van der Waals surface area (Å²) in [5.74, 6) is -0.240. The minimum atomic E-state index is -4.31. The molecule has 0 aliphatic heterocycles. The molecule has 0 aromatic heterocycles. The summed E-state index contributed by atoms with van der Waals surface area (Å²) in [6, 6.07) is 28.4. The molecule has 0 heterocycles. The summed E-state index contributed by atoms with van der Waals surface area (Å²) in [6.45, 7) is -0.530. The number of rotatable bonds is 14. The second kappa shape index (κ2) is 16.0. The number of hydrogen-bond acceptors (Lipinski definition) is 6. The van der Waals surface area contributed by atoms with E-state index in [2.05, 4.69) is 5.32 Å². The lowest BCUT2D eigenvalue weighted by atomic mass is 10.0. The first-order valence-corrected chi connectivity index (χ1v) is 17.7. The SMILES string of the molecule is COc1ccc(S(=O)(=O)N(CC(=O)N(Cc2cccc(Cl)c2)C(Cc2ccccc2)C(=O)NC2CCCC2)c2ccccc2)cc1OC. The van der Waals surface area contributed by atoms with Gasteiger partial charge in [0.15, 0.2) is 11.5 Å². The number of anilines is 1. The normalized spacial score (nSPS) is 13.8. The highest BCUT2D eigenvalue weighted by Gasteiger charge is 2.36. The number of halogens is 1. The van der Waals surface area contributed by atoms with E-state index in [0.717, 1.165) is 35.6 Å². The van der Waals surface area contributed by atoms with Crippen LogP contribution in [-0.4, -0.2) is 58.0 Å². The van der Waals surface area contributed by atoms with Gasteiger partial charge in [-0.25, -0.2) is 8.42 Å².